The first-order valence-electron chi connectivity index (χ1n) is 9.53. The fraction of sp³-hybridized carbons (Fsp3) is 0.450. The Bertz CT molecular complexity index is 1050. The summed E-state index contributed by atoms with van der Waals surface area (Å²) in [5.74, 6) is -2.05. The molecular formula is C20H24N3O4S2+. The summed E-state index contributed by atoms with van der Waals surface area (Å²) in [7, 11) is 0. The van der Waals surface area contributed by atoms with Crippen LogP contribution in [0.2, 0.25) is 0 Å². The molecule has 154 valence electrons. The molecule has 2 N–H and O–H groups in total. The normalized spacial score (nSPS) is 24.8. The van der Waals surface area contributed by atoms with Gasteiger partial charge in [-0.05, 0) is 19.6 Å². The predicted molar refractivity (Wildman–Crippen MR) is 112 cm³/mol. The average Bonchev–Trinajstić information content (AvgIpc) is 3.28. The van der Waals surface area contributed by atoms with Gasteiger partial charge < -0.3 is 15.1 Å². The Morgan fingerprint density at radius 2 is 2.24 bits per heavy atom. The first-order chi connectivity index (χ1) is 13.8. The van der Waals surface area contributed by atoms with Gasteiger partial charge in [-0.3, -0.25) is 4.79 Å². The molecule has 0 bridgehead atoms. The van der Waals surface area contributed by atoms with Crippen molar-refractivity contribution in [1.82, 2.24) is 9.30 Å². The highest BCUT2D eigenvalue weighted by molar-refractivity contribution is 7.98. The maximum atomic E-state index is 12.6. The number of aliphatic carboxylic acids is 1. The van der Waals surface area contributed by atoms with Crippen LogP contribution in [0.3, 0.4) is 0 Å². The molecule has 4 heterocycles. The second-order valence-corrected chi connectivity index (χ2v) is 9.25. The number of fused-ring (bicyclic) bond motifs is 2. The lowest BCUT2D eigenvalue weighted by atomic mass is 9.76. The van der Waals surface area contributed by atoms with E-state index < -0.39 is 18.0 Å². The fourth-order valence-corrected chi connectivity index (χ4v) is 6.84. The number of aromatic nitrogens is 2. The maximum Gasteiger partial charge on any atom is 0.352 e. The molecule has 0 radical (unpaired) electrons. The monoisotopic (exact) mass is 434 g/mol. The van der Waals surface area contributed by atoms with Crippen LogP contribution in [0.4, 0.5) is 0 Å². The fourth-order valence-electron chi connectivity index (χ4n) is 4.68. The number of imidazole rings is 1. The summed E-state index contributed by atoms with van der Waals surface area (Å²) in [6, 6.07) is -0.291. The number of carbonyl (C=O) groups is 2. The topological polar surface area (TPSA) is 86.1 Å². The van der Waals surface area contributed by atoms with E-state index in [0.717, 1.165) is 14.7 Å². The van der Waals surface area contributed by atoms with Crippen molar-refractivity contribution in [2.24, 2.45) is 11.8 Å². The summed E-state index contributed by atoms with van der Waals surface area (Å²) >= 11 is 3.17. The Hall–Kier alpha value is -2.10. The molecule has 2 aromatic heterocycles. The van der Waals surface area contributed by atoms with Crippen LogP contribution in [0.15, 0.2) is 35.9 Å². The highest BCUT2D eigenvalue weighted by atomic mass is 32.2. The number of carboxylic acids is 1. The van der Waals surface area contributed by atoms with Crippen LogP contribution < -0.4 is 4.57 Å². The van der Waals surface area contributed by atoms with Gasteiger partial charge in [-0.25, -0.2) is 9.36 Å². The second-order valence-electron chi connectivity index (χ2n) is 7.42. The van der Waals surface area contributed by atoms with E-state index in [9.17, 15) is 19.8 Å². The van der Waals surface area contributed by atoms with Crippen LogP contribution in [0.5, 0.6) is 0 Å². The van der Waals surface area contributed by atoms with Crippen molar-refractivity contribution in [1.29, 1.82) is 0 Å². The van der Waals surface area contributed by atoms with Crippen molar-refractivity contribution in [3.05, 3.63) is 35.8 Å². The van der Waals surface area contributed by atoms with Crippen molar-refractivity contribution >= 4 is 45.4 Å². The number of allylic oxidation sites excluding steroid dienone is 1. The minimum atomic E-state index is -1.09. The van der Waals surface area contributed by atoms with Crippen LogP contribution >= 0.6 is 23.1 Å². The molecule has 9 heteroatoms. The van der Waals surface area contributed by atoms with E-state index in [1.54, 1.807) is 30.0 Å². The molecule has 2 aliphatic rings. The second kappa shape index (κ2) is 7.30. The summed E-state index contributed by atoms with van der Waals surface area (Å²) in [6.45, 7) is 8.10. The van der Waals surface area contributed by atoms with E-state index in [2.05, 4.69) is 11.1 Å². The molecule has 1 amide bonds. The number of rotatable bonds is 7. The van der Waals surface area contributed by atoms with Gasteiger partial charge in [-0.2, -0.15) is 4.40 Å². The zero-order valence-electron chi connectivity index (χ0n) is 16.5. The van der Waals surface area contributed by atoms with Crippen LogP contribution in [0.25, 0.3) is 10.4 Å². The number of aliphatic hydroxyl groups excluding tert-OH is 1. The van der Waals surface area contributed by atoms with E-state index in [0.29, 0.717) is 18.5 Å². The standard InChI is InChI=1S/C20H23N3O4S2/c1-5-7-21-9-22-8-12(29-19(22)18(21)28-4)14-11(6-2)15-13(10(3)24)17(25)23(15)16(14)20(26)27/h5,8-11,13,15,24H,1,6-7H2,2-4H3/p+1/t10-,11+,13-,15-/m1/s1. The molecule has 0 aromatic carbocycles. The number of β-lactam (4-membered cyclic amide) rings is 1. The molecular weight excluding hydrogens is 410 g/mol. The lowest BCUT2D eigenvalue weighted by molar-refractivity contribution is -0.720. The third-order valence-corrected chi connectivity index (χ3v) is 7.91. The number of carboxylic acid groups (broad SMARTS) is 1. The van der Waals surface area contributed by atoms with Gasteiger partial charge >= 0.3 is 5.97 Å². The number of amides is 1. The van der Waals surface area contributed by atoms with Gasteiger partial charge in [0.2, 0.25) is 15.8 Å². The largest absolute Gasteiger partial charge is 0.477 e. The molecule has 2 aliphatic heterocycles. The van der Waals surface area contributed by atoms with Gasteiger partial charge in [0, 0.05) is 11.5 Å². The van der Waals surface area contributed by atoms with Gasteiger partial charge in [0.15, 0.2) is 0 Å². The van der Waals surface area contributed by atoms with Crippen molar-refractivity contribution in [2.45, 2.75) is 44.0 Å². The van der Waals surface area contributed by atoms with Gasteiger partial charge in [0.1, 0.15) is 18.4 Å². The van der Waals surface area contributed by atoms with Crippen LogP contribution in [0, 0.1) is 11.8 Å². The van der Waals surface area contributed by atoms with Crippen molar-refractivity contribution in [2.75, 3.05) is 6.26 Å². The van der Waals surface area contributed by atoms with E-state index in [1.165, 1.54) is 4.90 Å². The molecule has 7 nitrogen and oxygen atoms in total. The number of thioether (sulfide) groups is 1. The molecule has 2 aromatic rings. The Kier molecular flexibility index (Phi) is 5.08. The number of nitrogens with zero attached hydrogens (tertiary/aromatic N) is 3. The Balaban J connectivity index is 1.86. The molecule has 0 aliphatic carbocycles. The number of aliphatic hydroxyl groups is 1. The first kappa shape index (κ1) is 20.2. The zero-order chi connectivity index (χ0) is 21.0. The average molecular weight is 435 g/mol. The minimum absolute atomic E-state index is 0.0675. The molecule has 1 saturated heterocycles. The number of hydrogen-bond acceptors (Lipinski definition) is 5. The Morgan fingerprint density at radius 1 is 1.52 bits per heavy atom. The van der Waals surface area contributed by atoms with Crippen molar-refractivity contribution < 1.29 is 24.4 Å². The summed E-state index contributed by atoms with van der Waals surface area (Å²) < 4.78 is 4.12. The Labute approximate surface area is 176 Å². The smallest absolute Gasteiger partial charge is 0.352 e. The number of carbonyl (C=O) groups excluding carboxylic acids is 1. The van der Waals surface area contributed by atoms with Crippen LogP contribution in [-0.4, -0.2) is 49.8 Å². The quantitative estimate of drug-likeness (QED) is 0.302. The summed E-state index contributed by atoms with van der Waals surface area (Å²) in [5, 5.41) is 21.1. The Morgan fingerprint density at radius 3 is 2.79 bits per heavy atom. The third-order valence-electron chi connectivity index (χ3n) is 5.82. The van der Waals surface area contributed by atoms with E-state index >= 15 is 0 Å². The summed E-state index contributed by atoms with van der Waals surface area (Å²) in [6.07, 6.45) is 7.69. The first-order valence-corrected chi connectivity index (χ1v) is 11.6. The number of hydrogen-bond donors (Lipinski definition) is 2. The van der Waals surface area contributed by atoms with E-state index in [-0.39, 0.29) is 23.6 Å². The van der Waals surface area contributed by atoms with E-state index in [4.69, 9.17) is 0 Å². The van der Waals surface area contributed by atoms with Gasteiger partial charge in [-0.1, -0.05) is 42.7 Å². The zero-order valence-corrected chi connectivity index (χ0v) is 18.2. The molecule has 0 saturated carbocycles. The maximum absolute atomic E-state index is 12.6. The highest BCUT2D eigenvalue weighted by Crippen LogP contribution is 2.52. The minimum Gasteiger partial charge on any atom is -0.477 e. The summed E-state index contributed by atoms with van der Waals surface area (Å²) in [5.41, 5.74) is 0.774. The summed E-state index contributed by atoms with van der Waals surface area (Å²) in [4.78, 5) is 28.1. The van der Waals surface area contributed by atoms with Crippen LogP contribution in [-0.2, 0) is 16.1 Å². The van der Waals surface area contributed by atoms with Gasteiger partial charge in [0.25, 0.3) is 6.33 Å². The molecule has 1 fully saturated rings. The van der Waals surface area contributed by atoms with Gasteiger partial charge in [0.05, 0.1) is 22.9 Å². The molecule has 4 atom stereocenters. The lowest BCUT2D eigenvalue weighted by Crippen LogP contribution is -2.63. The third kappa shape index (κ3) is 2.78. The molecule has 4 rings (SSSR count). The van der Waals surface area contributed by atoms with E-state index in [1.807, 2.05) is 36.2 Å². The molecule has 0 unspecified atom stereocenters. The van der Waals surface area contributed by atoms with Crippen LogP contribution in [0.1, 0.15) is 25.1 Å². The lowest BCUT2D eigenvalue weighted by Gasteiger charge is -2.46. The molecule has 29 heavy (non-hydrogen) atoms. The molecule has 0 spiro atoms. The SMILES string of the molecule is C=CC[n+]1cn2cc(C3=C(C(=O)O)N4C(=O)[C@H]([C@@H](C)O)[C@H]4[C@H]3CC)sc2c1SC. The van der Waals surface area contributed by atoms with Gasteiger partial charge in [-0.15, -0.1) is 0 Å². The van der Waals surface area contributed by atoms with Crippen molar-refractivity contribution in [3.63, 3.8) is 0 Å². The highest BCUT2D eigenvalue weighted by Gasteiger charge is 2.61. The predicted octanol–water partition coefficient (Wildman–Crippen LogP) is 2.24. The van der Waals surface area contributed by atoms with Crippen molar-refractivity contribution in [3.8, 4) is 0 Å². The number of thiazole rings is 1.